The molecule has 0 spiro atoms. The molecule has 0 saturated carbocycles. The molecule has 0 aromatic carbocycles. The van der Waals surface area contributed by atoms with Gasteiger partial charge >= 0.3 is 5.69 Å². The van der Waals surface area contributed by atoms with Crippen LogP contribution in [0, 0.1) is 0 Å². The lowest BCUT2D eigenvalue weighted by Crippen LogP contribution is -2.49. The molecule has 1 unspecified atom stereocenters. The number of aromatic nitrogens is 2. The van der Waals surface area contributed by atoms with Crippen LogP contribution in [0.3, 0.4) is 0 Å². The van der Waals surface area contributed by atoms with Crippen LogP contribution >= 0.6 is 0 Å². The number of rotatable bonds is 4. The van der Waals surface area contributed by atoms with E-state index in [2.05, 4.69) is 4.98 Å². The van der Waals surface area contributed by atoms with E-state index >= 15 is 0 Å². The van der Waals surface area contributed by atoms with Crippen LogP contribution in [0.4, 0.5) is 11.5 Å². The summed E-state index contributed by atoms with van der Waals surface area (Å²) in [7, 11) is 0. The van der Waals surface area contributed by atoms with Crippen molar-refractivity contribution in [3.63, 3.8) is 0 Å². The summed E-state index contributed by atoms with van der Waals surface area (Å²) in [5.74, 6) is 0.190. The van der Waals surface area contributed by atoms with Crippen molar-refractivity contribution in [3.8, 4) is 0 Å². The Morgan fingerprint density at radius 3 is 2.76 bits per heavy atom. The van der Waals surface area contributed by atoms with E-state index in [1.165, 1.54) is 4.57 Å². The number of nitrogens with two attached hydrogens (primary N) is 1. The van der Waals surface area contributed by atoms with Crippen LogP contribution in [0.25, 0.3) is 0 Å². The highest BCUT2D eigenvalue weighted by atomic mass is 16.3. The number of nitrogen functional groups attached to an aromatic ring is 1. The van der Waals surface area contributed by atoms with E-state index in [1.54, 1.807) is 11.8 Å². The number of aliphatic hydroxyl groups is 1. The number of β-amino-alcohol motifs (C(OH)–C–C–N with tert-alkyl or cyclic N) is 1. The van der Waals surface area contributed by atoms with Crippen LogP contribution in [0.2, 0.25) is 0 Å². The zero-order chi connectivity index (χ0) is 15.6. The molecule has 0 radical (unpaired) electrons. The number of anilines is 2. The number of unbranched alkanes of at least 4 members (excludes halogenated alkanes) is 1. The molecule has 7 nitrogen and oxygen atoms in total. The van der Waals surface area contributed by atoms with Crippen LogP contribution < -0.4 is 21.9 Å². The van der Waals surface area contributed by atoms with Gasteiger partial charge in [0.1, 0.15) is 11.5 Å². The molecular weight excluding hydrogens is 272 g/mol. The van der Waals surface area contributed by atoms with Gasteiger partial charge in [-0.3, -0.25) is 14.3 Å². The van der Waals surface area contributed by atoms with Crippen LogP contribution in [0.5, 0.6) is 0 Å². The van der Waals surface area contributed by atoms with E-state index < -0.39 is 16.9 Å². The Bertz CT molecular complexity index is 618. The minimum Gasteiger partial charge on any atom is -0.388 e. The van der Waals surface area contributed by atoms with Crippen LogP contribution in [0.15, 0.2) is 9.59 Å². The fourth-order valence-electron chi connectivity index (χ4n) is 2.83. The highest BCUT2D eigenvalue weighted by molar-refractivity contribution is 5.62. The fourth-order valence-corrected chi connectivity index (χ4v) is 2.83. The molecule has 0 bridgehead atoms. The number of aromatic amines is 1. The van der Waals surface area contributed by atoms with Crippen molar-refractivity contribution in [1.82, 2.24) is 9.55 Å². The van der Waals surface area contributed by atoms with Gasteiger partial charge in [0.15, 0.2) is 0 Å². The first-order valence-corrected chi connectivity index (χ1v) is 7.45. The van der Waals surface area contributed by atoms with Gasteiger partial charge in [-0.05, 0) is 26.2 Å². The van der Waals surface area contributed by atoms with Gasteiger partial charge in [-0.25, -0.2) is 4.79 Å². The van der Waals surface area contributed by atoms with Gasteiger partial charge in [0, 0.05) is 19.6 Å². The molecule has 1 fully saturated rings. The third kappa shape index (κ3) is 3.29. The van der Waals surface area contributed by atoms with Crippen LogP contribution in [-0.2, 0) is 6.54 Å². The molecule has 21 heavy (non-hydrogen) atoms. The summed E-state index contributed by atoms with van der Waals surface area (Å²) in [6, 6.07) is 0. The second-order valence-corrected chi connectivity index (χ2v) is 6.02. The second-order valence-electron chi connectivity index (χ2n) is 6.02. The normalized spacial score (nSPS) is 22.5. The molecule has 0 aliphatic carbocycles. The standard InChI is InChI=1S/C14H24N4O3/c1-3-4-8-18-11(15)10(12(19)16-13(18)20)17-7-5-6-14(2,21)9-17/h21H,3-9,15H2,1-2H3,(H,16,19,20). The lowest BCUT2D eigenvalue weighted by molar-refractivity contribution is 0.0449. The van der Waals surface area contributed by atoms with Gasteiger partial charge in [-0.1, -0.05) is 13.3 Å². The fraction of sp³-hybridized carbons (Fsp3) is 0.714. The molecule has 118 valence electrons. The number of hydrogen-bond acceptors (Lipinski definition) is 5. The Morgan fingerprint density at radius 1 is 1.43 bits per heavy atom. The Labute approximate surface area is 123 Å². The summed E-state index contributed by atoms with van der Waals surface area (Å²) in [4.78, 5) is 28.1. The van der Waals surface area contributed by atoms with E-state index in [0.29, 0.717) is 31.7 Å². The zero-order valence-corrected chi connectivity index (χ0v) is 12.7. The summed E-state index contributed by atoms with van der Waals surface area (Å²) in [5.41, 5.74) is 4.56. The van der Waals surface area contributed by atoms with Gasteiger partial charge < -0.3 is 15.7 Å². The third-order valence-electron chi connectivity index (χ3n) is 3.94. The van der Waals surface area contributed by atoms with Gasteiger partial charge in [0.2, 0.25) is 0 Å². The summed E-state index contributed by atoms with van der Waals surface area (Å²) < 4.78 is 1.41. The number of nitrogens with one attached hydrogen (secondary N) is 1. The third-order valence-corrected chi connectivity index (χ3v) is 3.94. The predicted octanol–water partition coefficient (Wildman–Crippen LogP) is 0.270. The first kappa shape index (κ1) is 15.6. The topological polar surface area (TPSA) is 104 Å². The lowest BCUT2D eigenvalue weighted by Gasteiger charge is -2.38. The van der Waals surface area contributed by atoms with Gasteiger partial charge in [0.05, 0.1) is 5.60 Å². The number of nitrogens with zero attached hydrogens (tertiary/aromatic N) is 2. The van der Waals surface area contributed by atoms with E-state index in [9.17, 15) is 14.7 Å². The summed E-state index contributed by atoms with van der Waals surface area (Å²) in [6.07, 6.45) is 3.21. The molecule has 2 heterocycles. The molecule has 7 heteroatoms. The van der Waals surface area contributed by atoms with Crippen LogP contribution in [0.1, 0.15) is 39.5 Å². The van der Waals surface area contributed by atoms with Crippen molar-refractivity contribution in [1.29, 1.82) is 0 Å². The van der Waals surface area contributed by atoms with E-state index in [1.807, 2.05) is 6.92 Å². The van der Waals surface area contributed by atoms with Gasteiger partial charge in [-0.2, -0.15) is 0 Å². The first-order valence-electron chi connectivity index (χ1n) is 7.45. The molecule has 1 atom stereocenters. The second kappa shape index (κ2) is 5.93. The first-order chi connectivity index (χ1) is 9.85. The van der Waals surface area contributed by atoms with Crippen molar-refractivity contribution >= 4 is 11.5 Å². The van der Waals surface area contributed by atoms with Crippen molar-refractivity contribution in [3.05, 3.63) is 20.8 Å². The molecule has 1 aliphatic rings. The Hall–Kier alpha value is -1.76. The largest absolute Gasteiger partial charge is 0.388 e. The number of piperidine rings is 1. The average Bonchev–Trinajstić information content (AvgIpc) is 2.37. The maximum Gasteiger partial charge on any atom is 0.330 e. The molecule has 4 N–H and O–H groups in total. The van der Waals surface area contributed by atoms with Crippen molar-refractivity contribution in [2.75, 3.05) is 23.7 Å². The number of H-pyrrole nitrogens is 1. The molecule has 1 saturated heterocycles. The SMILES string of the molecule is CCCCn1c(N)c(N2CCCC(C)(O)C2)c(=O)[nH]c1=O. The molecule has 0 amide bonds. The van der Waals surface area contributed by atoms with E-state index in [4.69, 9.17) is 5.73 Å². The minimum atomic E-state index is -0.846. The molecule has 1 aromatic heterocycles. The molecule has 2 rings (SSSR count). The van der Waals surface area contributed by atoms with Crippen molar-refractivity contribution < 1.29 is 5.11 Å². The van der Waals surface area contributed by atoms with Crippen molar-refractivity contribution in [2.45, 2.75) is 51.7 Å². The summed E-state index contributed by atoms with van der Waals surface area (Å²) in [5, 5.41) is 10.2. The average molecular weight is 296 g/mol. The number of hydrogen-bond donors (Lipinski definition) is 3. The quantitative estimate of drug-likeness (QED) is 0.740. The highest BCUT2D eigenvalue weighted by Crippen LogP contribution is 2.26. The predicted molar refractivity (Wildman–Crippen MR) is 82.7 cm³/mol. The maximum absolute atomic E-state index is 12.1. The Kier molecular flexibility index (Phi) is 4.41. The maximum atomic E-state index is 12.1. The van der Waals surface area contributed by atoms with Gasteiger partial charge in [-0.15, -0.1) is 0 Å². The smallest absolute Gasteiger partial charge is 0.330 e. The Balaban J connectivity index is 2.43. The summed E-state index contributed by atoms with van der Waals surface area (Å²) >= 11 is 0. The minimum absolute atomic E-state index is 0.190. The van der Waals surface area contributed by atoms with E-state index in [0.717, 1.165) is 19.3 Å². The molecular formula is C14H24N4O3. The van der Waals surface area contributed by atoms with Crippen LogP contribution in [-0.4, -0.2) is 33.3 Å². The summed E-state index contributed by atoms with van der Waals surface area (Å²) in [6.45, 7) is 5.24. The molecule has 1 aromatic rings. The monoisotopic (exact) mass is 296 g/mol. The highest BCUT2D eigenvalue weighted by Gasteiger charge is 2.31. The van der Waals surface area contributed by atoms with Gasteiger partial charge in [0.25, 0.3) is 5.56 Å². The zero-order valence-electron chi connectivity index (χ0n) is 12.7. The lowest BCUT2D eigenvalue weighted by atomic mass is 9.95. The van der Waals surface area contributed by atoms with E-state index in [-0.39, 0.29) is 5.82 Å². The molecule has 1 aliphatic heterocycles. The Morgan fingerprint density at radius 2 is 2.14 bits per heavy atom. The van der Waals surface area contributed by atoms with Crippen molar-refractivity contribution in [2.24, 2.45) is 0 Å².